The minimum Gasteiger partial charge on any atom is -1.00 e. The summed E-state index contributed by atoms with van der Waals surface area (Å²) in [5, 5.41) is 3.23. The van der Waals surface area contributed by atoms with Crippen LogP contribution in [0.15, 0.2) is 47.7 Å². The van der Waals surface area contributed by atoms with Crippen molar-refractivity contribution in [2.24, 2.45) is 0 Å². The van der Waals surface area contributed by atoms with Gasteiger partial charge in [0.2, 0.25) is 0 Å². The van der Waals surface area contributed by atoms with E-state index in [-0.39, 0.29) is 40.9 Å². The second kappa shape index (κ2) is 9.60. The first-order valence-corrected chi connectivity index (χ1v) is 15.6. The molecule has 6 heteroatoms. The number of hydrogen-bond donors (Lipinski definition) is 0. The van der Waals surface area contributed by atoms with Crippen molar-refractivity contribution < 1.29 is 57.7 Å². The quantitative estimate of drug-likeness (QED) is 0.406. The van der Waals surface area contributed by atoms with Crippen molar-refractivity contribution in [3.05, 3.63) is 53.3 Å². The SMILES string of the molecule is C[Si](C)(C)C1=C[C]([Ti+3])(Cc2ccccc2[Si](C)(C)C)C=C1.[Cl-].[Cl-].[Cl-]. The molecule has 1 aromatic carbocycles. The van der Waals surface area contributed by atoms with Gasteiger partial charge >= 0.3 is 144 Å². The van der Waals surface area contributed by atoms with Crippen molar-refractivity contribution in [2.75, 3.05) is 0 Å². The number of halogens is 3. The predicted molar refractivity (Wildman–Crippen MR) is 96.4 cm³/mol. The van der Waals surface area contributed by atoms with E-state index in [1.54, 1.807) is 15.9 Å². The summed E-state index contributed by atoms with van der Waals surface area (Å²) in [4.78, 5) is 0. The van der Waals surface area contributed by atoms with Crippen molar-refractivity contribution in [3.8, 4) is 0 Å². The average Bonchev–Trinajstić information content (AvgIpc) is 2.70. The van der Waals surface area contributed by atoms with Crippen LogP contribution in [0.1, 0.15) is 5.56 Å². The van der Waals surface area contributed by atoms with E-state index in [9.17, 15) is 0 Å². The Bertz CT molecular complexity index is 601. The third kappa shape index (κ3) is 6.79. The number of hydrogen-bond acceptors (Lipinski definition) is 0. The molecule has 1 aliphatic carbocycles. The van der Waals surface area contributed by atoms with E-state index in [2.05, 4.69) is 102 Å². The fraction of sp³-hybridized carbons (Fsp3) is 0.444. The van der Waals surface area contributed by atoms with Gasteiger partial charge in [-0.05, 0) is 0 Å². The Morgan fingerprint density at radius 3 is 1.88 bits per heavy atom. The van der Waals surface area contributed by atoms with Gasteiger partial charge in [0.25, 0.3) is 0 Å². The molecule has 0 N–H and O–H groups in total. The van der Waals surface area contributed by atoms with Crippen LogP contribution in [0.25, 0.3) is 0 Å². The molecule has 0 saturated carbocycles. The normalized spacial score (nSPS) is 19.8. The van der Waals surface area contributed by atoms with E-state index < -0.39 is 16.1 Å². The Labute approximate surface area is 180 Å². The first kappa shape index (κ1) is 26.9. The predicted octanol–water partition coefficient (Wildman–Crippen LogP) is -4.13. The van der Waals surface area contributed by atoms with Crippen molar-refractivity contribution in [1.82, 2.24) is 0 Å². The van der Waals surface area contributed by atoms with Gasteiger partial charge in [-0.15, -0.1) is 0 Å². The molecule has 0 bridgehead atoms. The maximum Gasteiger partial charge on any atom is -1.00 e. The van der Waals surface area contributed by atoms with Gasteiger partial charge in [-0.1, -0.05) is 0 Å². The van der Waals surface area contributed by atoms with Crippen molar-refractivity contribution in [3.63, 3.8) is 0 Å². The van der Waals surface area contributed by atoms with E-state index in [0.29, 0.717) is 0 Å². The first-order chi connectivity index (χ1) is 9.51. The maximum atomic E-state index is 2.54. The fourth-order valence-corrected chi connectivity index (χ4v) is 6.81. The minimum atomic E-state index is -1.27. The van der Waals surface area contributed by atoms with Gasteiger partial charge in [0.15, 0.2) is 0 Å². The first-order valence-electron chi connectivity index (χ1n) is 7.77. The molecule has 1 aromatic rings. The van der Waals surface area contributed by atoms with Gasteiger partial charge in [-0.3, -0.25) is 0 Å². The smallest absolute Gasteiger partial charge is 1.00 e. The van der Waals surface area contributed by atoms with Crippen LogP contribution in [0.2, 0.25) is 43.0 Å². The van der Waals surface area contributed by atoms with Gasteiger partial charge in [-0.25, -0.2) is 0 Å². The summed E-state index contributed by atoms with van der Waals surface area (Å²) in [6, 6.07) is 9.09. The number of allylic oxidation sites excluding steroid dienone is 4. The van der Waals surface area contributed by atoms with Gasteiger partial charge in [-0.2, -0.15) is 0 Å². The van der Waals surface area contributed by atoms with Crippen LogP contribution in [0.3, 0.4) is 0 Å². The second-order valence-corrected chi connectivity index (χ2v) is 19.9. The van der Waals surface area contributed by atoms with Crippen LogP contribution in [0.5, 0.6) is 0 Å². The summed E-state index contributed by atoms with van der Waals surface area (Å²) in [5.41, 5.74) is 1.55. The Hall–Kier alpha value is 0.718. The molecule has 2 rings (SSSR count). The van der Waals surface area contributed by atoms with Gasteiger partial charge in [0.1, 0.15) is 0 Å². The molecule has 0 saturated heterocycles. The Morgan fingerprint density at radius 1 is 0.875 bits per heavy atom. The number of rotatable bonds is 4. The average molecular weight is 454 g/mol. The maximum absolute atomic E-state index is 2.54. The molecule has 132 valence electrons. The molecule has 0 radical (unpaired) electrons. The van der Waals surface area contributed by atoms with Gasteiger partial charge in [0, 0.05) is 0 Å². The minimum absolute atomic E-state index is 0. The molecule has 0 amide bonds. The Balaban J connectivity index is 0. The third-order valence-corrected chi connectivity index (χ3v) is 9.06. The van der Waals surface area contributed by atoms with Crippen LogP contribution >= 0.6 is 0 Å². The van der Waals surface area contributed by atoms with Crippen molar-refractivity contribution >= 4 is 21.3 Å². The largest absolute Gasteiger partial charge is 1.00 e. The van der Waals surface area contributed by atoms with Gasteiger partial charge in [0.05, 0.1) is 0 Å². The molecule has 0 aliphatic heterocycles. The Kier molecular flexibility index (Phi) is 10.8. The molecule has 1 atom stereocenters. The van der Waals surface area contributed by atoms with Crippen LogP contribution in [-0.2, 0) is 26.9 Å². The summed E-state index contributed by atoms with van der Waals surface area (Å²) >= 11 is 2.39. The van der Waals surface area contributed by atoms with E-state index in [4.69, 9.17) is 0 Å². The standard InChI is InChI=1S/C18H27Si2.3ClH.Ti/c1-19(2,3)17-12-11-15(14-17)13-16-9-7-8-10-18(16)20(4,5)6;;;;/h7-12,14H,13H2,1-6H3;3*1H;/q;;;;+3/p-3. The summed E-state index contributed by atoms with van der Waals surface area (Å²) in [7, 11) is -2.47. The molecular formula is C18H27Cl3Si2Ti. The zero-order chi connectivity index (χ0) is 15.9. The number of benzene rings is 1. The molecule has 0 nitrogen and oxygen atoms in total. The zero-order valence-electron chi connectivity index (χ0n) is 15.4. The van der Waals surface area contributed by atoms with Crippen LogP contribution in [0, 0.1) is 0 Å². The molecule has 0 aromatic heterocycles. The van der Waals surface area contributed by atoms with E-state index >= 15 is 0 Å². The topological polar surface area (TPSA) is 0 Å². The molecule has 0 fully saturated rings. The fourth-order valence-electron chi connectivity index (χ4n) is 2.91. The summed E-state index contributed by atoms with van der Waals surface area (Å²) < 4.78 is 0.200. The molecule has 0 heterocycles. The molecule has 1 aliphatic rings. The summed E-state index contributed by atoms with van der Waals surface area (Å²) in [6.07, 6.45) is 8.50. The van der Waals surface area contributed by atoms with Crippen molar-refractivity contribution in [2.45, 2.75) is 49.4 Å². The molecule has 0 spiro atoms. The van der Waals surface area contributed by atoms with Gasteiger partial charge < -0.3 is 37.2 Å². The molecule has 24 heavy (non-hydrogen) atoms. The van der Waals surface area contributed by atoms with E-state index in [1.165, 1.54) is 0 Å². The van der Waals surface area contributed by atoms with Crippen LogP contribution < -0.4 is 42.4 Å². The summed E-state index contributed by atoms with van der Waals surface area (Å²) in [6.45, 7) is 14.6. The molecular weight excluding hydrogens is 427 g/mol. The van der Waals surface area contributed by atoms with E-state index in [1.807, 2.05) is 0 Å². The van der Waals surface area contributed by atoms with Crippen LogP contribution in [0.4, 0.5) is 0 Å². The third-order valence-electron chi connectivity index (χ3n) is 4.15. The van der Waals surface area contributed by atoms with E-state index in [0.717, 1.165) is 6.42 Å². The molecule has 1 unspecified atom stereocenters. The van der Waals surface area contributed by atoms with Crippen molar-refractivity contribution in [1.29, 1.82) is 0 Å². The Morgan fingerprint density at radius 2 is 1.42 bits per heavy atom. The summed E-state index contributed by atoms with van der Waals surface area (Å²) in [5.74, 6) is 0. The second-order valence-electron chi connectivity index (χ2n) is 8.31. The monoisotopic (exact) mass is 452 g/mol. The van der Waals surface area contributed by atoms with Crippen LogP contribution in [-0.4, -0.2) is 16.1 Å². The zero-order valence-corrected chi connectivity index (χ0v) is 21.2.